The minimum absolute atomic E-state index is 0.366. The minimum Gasteiger partial charge on any atom is -0.492 e. The van der Waals surface area contributed by atoms with Crippen LogP contribution in [0.25, 0.3) is 0 Å². The monoisotopic (exact) mass is 263 g/mol. The van der Waals surface area contributed by atoms with Crippen molar-refractivity contribution in [3.63, 3.8) is 0 Å². The highest BCUT2D eigenvalue weighted by molar-refractivity contribution is 6.01. The van der Waals surface area contributed by atoms with Gasteiger partial charge in [-0.2, -0.15) is 5.10 Å². The molecule has 1 rings (SSSR count). The predicted octanol–water partition coefficient (Wildman–Crippen LogP) is 1.93. The van der Waals surface area contributed by atoms with Crippen molar-refractivity contribution in [3.8, 4) is 0 Å². The number of hydrogen-bond acceptors (Lipinski definition) is 4. The van der Waals surface area contributed by atoms with Crippen LogP contribution in [-0.4, -0.2) is 29.8 Å². The Bertz CT molecular complexity index is 422. The van der Waals surface area contributed by atoms with E-state index < -0.39 is 0 Å². The number of nitrogens with two attached hydrogens (primary N) is 1. The second-order valence-corrected chi connectivity index (χ2v) is 4.19. The molecule has 104 valence electrons. The summed E-state index contributed by atoms with van der Waals surface area (Å²) in [6, 6.07) is -0.366. The van der Waals surface area contributed by atoms with E-state index in [1.54, 1.807) is 6.92 Å². The first-order valence-corrected chi connectivity index (χ1v) is 6.37. The van der Waals surface area contributed by atoms with Gasteiger partial charge in [-0.1, -0.05) is 18.7 Å². The van der Waals surface area contributed by atoms with Gasteiger partial charge in [-0.25, -0.2) is 5.01 Å². The largest absolute Gasteiger partial charge is 0.492 e. The van der Waals surface area contributed by atoms with Crippen LogP contribution in [-0.2, 0) is 9.53 Å². The molecule has 0 aromatic heterocycles. The molecular formula is C14H21N3O2. The lowest BCUT2D eigenvalue weighted by Crippen LogP contribution is -2.32. The second kappa shape index (κ2) is 7.53. The van der Waals surface area contributed by atoms with E-state index in [0.29, 0.717) is 24.5 Å². The third-order valence-corrected chi connectivity index (χ3v) is 2.59. The maximum atomic E-state index is 11.2. The van der Waals surface area contributed by atoms with Crippen molar-refractivity contribution in [2.24, 2.45) is 10.8 Å². The van der Waals surface area contributed by atoms with Gasteiger partial charge in [0.1, 0.15) is 11.5 Å². The van der Waals surface area contributed by atoms with E-state index in [0.717, 1.165) is 18.5 Å². The highest BCUT2D eigenvalue weighted by Crippen LogP contribution is 2.14. The maximum absolute atomic E-state index is 11.2. The zero-order chi connectivity index (χ0) is 14.3. The molecular weight excluding hydrogens is 242 g/mol. The summed E-state index contributed by atoms with van der Waals surface area (Å²) in [6.45, 7) is 7.90. The van der Waals surface area contributed by atoms with Gasteiger partial charge in [0.2, 0.25) is 6.41 Å². The number of hydrogen-bond donors (Lipinski definition) is 1. The molecule has 0 heterocycles. The Kier molecular flexibility index (Phi) is 6.02. The first kappa shape index (κ1) is 15.2. The topological polar surface area (TPSA) is 67.9 Å². The van der Waals surface area contributed by atoms with Gasteiger partial charge in [0.25, 0.3) is 0 Å². The molecule has 0 saturated carbocycles. The lowest BCUT2D eigenvalue weighted by atomic mass is 10.1. The number of nitrogens with zero attached hydrogens (tertiary/aromatic N) is 2. The van der Waals surface area contributed by atoms with E-state index in [9.17, 15) is 4.79 Å². The molecule has 5 nitrogen and oxygen atoms in total. The van der Waals surface area contributed by atoms with Gasteiger partial charge in [-0.3, -0.25) is 4.79 Å². The molecule has 0 aliphatic heterocycles. The van der Waals surface area contributed by atoms with Crippen molar-refractivity contribution in [2.75, 3.05) is 6.61 Å². The molecule has 0 aromatic carbocycles. The van der Waals surface area contributed by atoms with E-state index in [1.807, 2.05) is 25.2 Å². The molecule has 1 aliphatic carbocycles. The number of carbonyl (C=O) groups is 1. The highest BCUT2D eigenvalue weighted by atomic mass is 16.5. The standard InChI is InChI=1S/C14H21N3O2/c1-4-19-12(3)14(11(2)15)16-17(10-18)13-8-6-5-7-9-13/h6,8-11H,3-5,7,15H2,1-2H3/b16-14+. The van der Waals surface area contributed by atoms with Crippen molar-refractivity contribution >= 4 is 12.1 Å². The van der Waals surface area contributed by atoms with Crippen LogP contribution in [0, 0.1) is 0 Å². The van der Waals surface area contributed by atoms with Crippen molar-refractivity contribution < 1.29 is 9.53 Å². The summed E-state index contributed by atoms with van der Waals surface area (Å²) in [7, 11) is 0. The Hall–Kier alpha value is -1.88. The molecule has 0 radical (unpaired) electrons. The van der Waals surface area contributed by atoms with Gasteiger partial charge in [0.05, 0.1) is 12.3 Å². The minimum atomic E-state index is -0.366. The summed E-state index contributed by atoms with van der Waals surface area (Å²) in [5, 5.41) is 5.51. The molecule has 0 spiro atoms. The number of amides is 1. The Morgan fingerprint density at radius 2 is 2.42 bits per heavy atom. The Balaban J connectivity index is 2.97. The molecule has 0 aromatic rings. The van der Waals surface area contributed by atoms with Crippen LogP contribution < -0.4 is 5.73 Å². The molecule has 1 amide bonds. The summed E-state index contributed by atoms with van der Waals surface area (Å²) < 4.78 is 5.31. The quantitative estimate of drug-likeness (QED) is 0.330. The zero-order valence-corrected chi connectivity index (χ0v) is 11.5. The first-order valence-electron chi connectivity index (χ1n) is 6.37. The van der Waals surface area contributed by atoms with Gasteiger partial charge in [0.15, 0.2) is 0 Å². The number of ether oxygens (including phenoxy) is 1. The molecule has 1 atom stereocenters. The third kappa shape index (κ3) is 4.37. The molecule has 5 heteroatoms. The fourth-order valence-electron chi connectivity index (χ4n) is 1.68. The van der Waals surface area contributed by atoms with Crippen molar-refractivity contribution in [1.29, 1.82) is 0 Å². The maximum Gasteiger partial charge on any atom is 0.234 e. The van der Waals surface area contributed by atoms with E-state index in [2.05, 4.69) is 11.7 Å². The van der Waals surface area contributed by atoms with E-state index >= 15 is 0 Å². The summed E-state index contributed by atoms with van der Waals surface area (Å²) in [5.41, 5.74) is 7.05. The smallest absolute Gasteiger partial charge is 0.234 e. The molecule has 19 heavy (non-hydrogen) atoms. The zero-order valence-electron chi connectivity index (χ0n) is 11.5. The van der Waals surface area contributed by atoms with Crippen LogP contribution in [0.2, 0.25) is 0 Å². The Morgan fingerprint density at radius 1 is 1.68 bits per heavy atom. The first-order chi connectivity index (χ1) is 9.10. The molecule has 0 bridgehead atoms. The third-order valence-electron chi connectivity index (χ3n) is 2.59. The predicted molar refractivity (Wildman–Crippen MR) is 76.2 cm³/mol. The summed E-state index contributed by atoms with van der Waals surface area (Å²) >= 11 is 0. The van der Waals surface area contributed by atoms with Gasteiger partial charge < -0.3 is 10.5 Å². The van der Waals surface area contributed by atoms with Crippen molar-refractivity contribution in [2.45, 2.75) is 32.7 Å². The fourth-order valence-corrected chi connectivity index (χ4v) is 1.68. The molecule has 0 saturated heterocycles. The van der Waals surface area contributed by atoms with Crippen LogP contribution in [0.4, 0.5) is 0 Å². The van der Waals surface area contributed by atoms with Gasteiger partial charge in [0, 0.05) is 6.04 Å². The van der Waals surface area contributed by atoms with E-state index in [1.165, 1.54) is 5.01 Å². The molecule has 2 N–H and O–H groups in total. The highest BCUT2D eigenvalue weighted by Gasteiger charge is 2.15. The van der Waals surface area contributed by atoms with Gasteiger partial charge >= 0.3 is 0 Å². The molecule has 1 aliphatic rings. The SMILES string of the molecule is C=C(OCC)/C(=N/N(C=O)C1=CCCC=C1)C(C)N. The van der Waals surface area contributed by atoms with Gasteiger partial charge in [-0.05, 0) is 32.8 Å². The summed E-state index contributed by atoms with van der Waals surface area (Å²) in [6.07, 6.45) is 8.36. The van der Waals surface area contributed by atoms with Crippen LogP contribution in [0.5, 0.6) is 0 Å². The van der Waals surface area contributed by atoms with E-state index in [4.69, 9.17) is 10.5 Å². The van der Waals surface area contributed by atoms with Crippen LogP contribution in [0.15, 0.2) is 41.4 Å². The average Bonchev–Trinajstić information content (AvgIpc) is 2.40. The average molecular weight is 263 g/mol. The number of rotatable bonds is 7. The van der Waals surface area contributed by atoms with Crippen molar-refractivity contribution in [1.82, 2.24) is 5.01 Å². The Labute approximate surface area is 114 Å². The van der Waals surface area contributed by atoms with Gasteiger partial charge in [-0.15, -0.1) is 0 Å². The van der Waals surface area contributed by atoms with E-state index in [-0.39, 0.29) is 6.04 Å². The lowest BCUT2D eigenvalue weighted by molar-refractivity contribution is -0.116. The summed E-state index contributed by atoms with van der Waals surface area (Å²) in [5.74, 6) is 0.393. The molecule has 1 unspecified atom stereocenters. The Morgan fingerprint density at radius 3 is 2.89 bits per heavy atom. The van der Waals surface area contributed by atoms with Crippen LogP contribution >= 0.6 is 0 Å². The fraction of sp³-hybridized carbons (Fsp3) is 0.429. The summed E-state index contributed by atoms with van der Waals surface area (Å²) in [4.78, 5) is 11.2. The normalized spacial score (nSPS) is 16.6. The second-order valence-electron chi connectivity index (χ2n) is 4.19. The van der Waals surface area contributed by atoms with Crippen molar-refractivity contribution in [3.05, 3.63) is 36.3 Å². The van der Waals surface area contributed by atoms with Crippen LogP contribution in [0.3, 0.4) is 0 Å². The number of allylic oxidation sites excluding steroid dienone is 3. The lowest BCUT2D eigenvalue weighted by Gasteiger charge is -2.19. The van der Waals surface area contributed by atoms with Crippen LogP contribution in [0.1, 0.15) is 26.7 Å². The number of carbonyl (C=O) groups excluding carboxylic acids is 1. The number of hydrazone groups is 1. The molecule has 0 fully saturated rings.